The Morgan fingerprint density at radius 1 is 0.864 bits per heavy atom. The molecule has 1 N–H and O–H groups in total. The average Bonchev–Trinajstić information content (AvgIpc) is 2.50. The molecule has 22 heavy (non-hydrogen) atoms. The van der Waals surface area contributed by atoms with Gasteiger partial charge in [-0.05, 0) is 19.3 Å². The number of hydrogen-bond acceptors (Lipinski definition) is 3. The number of esters is 1. The van der Waals surface area contributed by atoms with Crippen molar-refractivity contribution in [2.45, 2.75) is 70.3 Å². The lowest BCUT2D eigenvalue weighted by atomic mass is 10.0. The summed E-state index contributed by atoms with van der Waals surface area (Å²) in [6.07, 6.45) is 21.4. The van der Waals surface area contributed by atoms with Crippen molar-refractivity contribution < 1.29 is 14.6 Å². The van der Waals surface area contributed by atoms with Gasteiger partial charge in [-0.1, -0.05) is 75.3 Å². The second-order valence-electron chi connectivity index (χ2n) is 5.85. The topological polar surface area (TPSA) is 46.5 Å². The second kappa shape index (κ2) is 13.3. The van der Waals surface area contributed by atoms with E-state index >= 15 is 0 Å². The van der Waals surface area contributed by atoms with Crippen molar-refractivity contribution in [1.82, 2.24) is 0 Å². The highest BCUT2D eigenvalue weighted by atomic mass is 16.5. The van der Waals surface area contributed by atoms with Gasteiger partial charge in [-0.2, -0.15) is 0 Å². The van der Waals surface area contributed by atoms with E-state index in [1.165, 1.54) is 38.2 Å². The highest BCUT2D eigenvalue weighted by Gasteiger charge is 2.01. The zero-order valence-electron chi connectivity index (χ0n) is 13.6. The lowest BCUT2D eigenvalue weighted by molar-refractivity contribution is -0.137. The van der Waals surface area contributed by atoms with Gasteiger partial charge in [-0.3, -0.25) is 0 Å². The Hall–Kier alpha value is -1.35. The first-order valence-electron chi connectivity index (χ1n) is 8.64. The Labute approximate surface area is 134 Å². The quantitative estimate of drug-likeness (QED) is 0.671. The van der Waals surface area contributed by atoms with Gasteiger partial charge in [0.15, 0.2) is 0 Å². The number of allylic oxidation sites excluding steroid dienone is 4. The molecule has 0 amide bonds. The zero-order chi connectivity index (χ0) is 15.9. The molecular formula is C19H30O3. The molecule has 0 aromatic carbocycles. The first kappa shape index (κ1) is 18.7. The van der Waals surface area contributed by atoms with E-state index in [0.717, 1.165) is 25.7 Å². The van der Waals surface area contributed by atoms with Gasteiger partial charge < -0.3 is 9.84 Å². The molecule has 0 bridgehead atoms. The number of hydrogen-bond donors (Lipinski definition) is 1. The summed E-state index contributed by atoms with van der Waals surface area (Å²) in [4.78, 5) is 11.4. The summed E-state index contributed by atoms with van der Waals surface area (Å²) in [5, 5.41) is 9.85. The van der Waals surface area contributed by atoms with Crippen molar-refractivity contribution in [3.63, 3.8) is 0 Å². The molecule has 3 nitrogen and oxygen atoms in total. The minimum absolute atomic E-state index is 0.235. The normalized spacial score (nSPS) is 28.2. The van der Waals surface area contributed by atoms with Crippen LogP contribution >= 0.6 is 0 Å². The van der Waals surface area contributed by atoms with Gasteiger partial charge in [0.05, 0.1) is 12.7 Å². The molecule has 0 saturated carbocycles. The molecule has 0 aromatic heterocycles. The average molecular weight is 306 g/mol. The van der Waals surface area contributed by atoms with E-state index in [0.29, 0.717) is 13.0 Å². The Bertz CT molecular complexity index is 369. The third kappa shape index (κ3) is 11.3. The maximum atomic E-state index is 11.4. The van der Waals surface area contributed by atoms with Crippen molar-refractivity contribution in [2.24, 2.45) is 0 Å². The molecule has 0 saturated heterocycles. The van der Waals surface area contributed by atoms with Gasteiger partial charge in [-0.25, -0.2) is 4.79 Å². The van der Waals surface area contributed by atoms with Crippen LogP contribution in [0.3, 0.4) is 0 Å². The number of ether oxygens (including phenoxy) is 1. The Kier molecular flexibility index (Phi) is 11.3. The molecular weight excluding hydrogens is 276 g/mol. The number of rotatable bonds is 0. The van der Waals surface area contributed by atoms with Crippen LogP contribution < -0.4 is 0 Å². The molecule has 0 radical (unpaired) electrons. The second-order valence-corrected chi connectivity index (χ2v) is 5.85. The molecule has 0 fully saturated rings. The Balaban J connectivity index is 2.36. The predicted octanol–water partition coefficient (Wildman–Crippen LogP) is 4.47. The summed E-state index contributed by atoms with van der Waals surface area (Å²) in [5.74, 6) is -0.279. The number of cyclic esters (lactones) is 1. The first-order valence-corrected chi connectivity index (χ1v) is 8.64. The molecule has 1 aliphatic heterocycles. The molecule has 0 aromatic rings. The van der Waals surface area contributed by atoms with Gasteiger partial charge >= 0.3 is 5.97 Å². The van der Waals surface area contributed by atoms with Gasteiger partial charge in [0, 0.05) is 6.08 Å². The van der Waals surface area contributed by atoms with E-state index in [-0.39, 0.29) is 12.1 Å². The van der Waals surface area contributed by atoms with Gasteiger partial charge in [-0.15, -0.1) is 0 Å². The molecule has 3 heteroatoms. The van der Waals surface area contributed by atoms with Crippen LogP contribution in [0.5, 0.6) is 0 Å². The first-order chi connectivity index (χ1) is 10.8. The molecule has 0 unspecified atom stereocenters. The fraction of sp³-hybridized carbons (Fsp3) is 0.632. The molecule has 124 valence electrons. The summed E-state index contributed by atoms with van der Waals surface area (Å²) >= 11 is 0. The van der Waals surface area contributed by atoms with Crippen molar-refractivity contribution in [3.8, 4) is 0 Å². The van der Waals surface area contributed by atoms with Crippen LogP contribution in [0.1, 0.15) is 64.2 Å². The molecule has 1 heterocycles. The van der Waals surface area contributed by atoms with Gasteiger partial charge in [0.25, 0.3) is 0 Å². The highest BCUT2D eigenvalue weighted by Crippen LogP contribution is 2.12. The SMILES string of the molecule is O=C1/C=C/C=C/C=C/C[C@H](O)CCCCCCCCCCO1. The third-order valence-electron chi connectivity index (χ3n) is 3.79. The van der Waals surface area contributed by atoms with E-state index in [9.17, 15) is 9.90 Å². The van der Waals surface area contributed by atoms with E-state index in [4.69, 9.17) is 4.74 Å². The van der Waals surface area contributed by atoms with Crippen LogP contribution in [-0.4, -0.2) is 23.8 Å². The number of carbonyl (C=O) groups is 1. The van der Waals surface area contributed by atoms with Crippen LogP contribution in [0.25, 0.3) is 0 Å². The smallest absolute Gasteiger partial charge is 0.330 e. The lowest BCUT2D eigenvalue weighted by Crippen LogP contribution is -2.04. The predicted molar refractivity (Wildman–Crippen MR) is 90.6 cm³/mol. The highest BCUT2D eigenvalue weighted by molar-refractivity contribution is 5.82. The van der Waals surface area contributed by atoms with E-state index in [1.54, 1.807) is 12.2 Å². The minimum Gasteiger partial charge on any atom is -0.463 e. The third-order valence-corrected chi connectivity index (χ3v) is 3.79. The standard InChI is InChI=1S/C19H30O3/c20-18-14-10-6-3-1-2-4-9-13-17-22-19(21)16-12-8-5-7-11-15-18/h5,7-8,11-12,16,18,20H,1-4,6,9-10,13-15,17H2/b8-5+,11-7+,16-12+/t18-/m1/s1. The van der Waals surface area contributed by atoms with Gasteiger partial charge in [0.2, 0.25) is 0 Å². The zero-order valence-corrected chi connectivity index (χ0v) is 13.6. The van der Waals surface area contributed by atoms with Crippen LogP contribution in [0.2, 0.25) is 0 Å². The molecule has 1 aliphatic rings. The summed E-state index contributed by atoms with van der Waals surface area (Å²) < 4.78 is 5.13. The largest absolute Gasteiger partial charge is 0.463 e. The summed E-state index contributed by atoms with van der Waals surface area (Å²) in [6.45, 7) is 0.519. The monoisotopic (exact) mass is 306 g/mol. The van der Waals surface area contributed by atoms with Crippen molar-refractivity contribution in [3.05, 3.63) is 36.5 Å². The van der Waals surface area contributed by atoms with Crippen LogP contribution in [0.15, 0.2) is 36.5 Å². The van der Waals surface area contributed by atoms with Crippen LogP contribution in [0.4, 0.5) is 0 Å². The summed E-state index contributed by atoms with van der Waals surface area (Å²) in [5.41, 5.74) is 0. The fourth-order valence-electron chi connectivity index (χ4n) is 2.46. The van der Waals surface area contributed by atoms with Gasteiger partial charge in [0.1, 0.15) is 0 Å². The maximum Gasteiger partial charge on any atom is 0.330 e. The van der Waals surface area contributed by atoms with E-state index < -0.39 is 0 Å². The van der Waals surface area contributed by atoms with E-state index in [1.807, 2.05) is 18.2 Å². The summed E-state index contributed by atoms with van der Waals surface area (Å²) in [6, 6.07) is 0. The van der Waals surface area contributed by atoms with Crippen molar-refractivity contribution in [1.29, 1.82) is 0 Å². The lowest BCUT2D eigenvalue weighted by Gasteiger charge is -2.07. The minimum atomic E-state index is -0.279. The summed E-state index contributed by atoms with van der Waals surface area (Å²) in [7, 11) is 0. The van der Waals surface area contributed by atoms with Crippen LogP contribution in [0, 0.1) is 0 Å². The maximum absolute atomic E-state index is 11.4. The van der Waals surface area contributed by atoms with Crippen molar-refractivity contribution in [2.75, 3.05) is 6.61 Å². The molecule has 1 atom stereocenters. The number of aliphatic hydroxyl groups excluding tert-OH is 1. The molecule has 1 rings (SSSR count). The molecule has 0 spiro atoms. The Morgan fingerprint density at radius 2 is 1.50 bits per heavy atom. The van der Waals surface area contributed by atoms with Crippen LogP contribution in [-0.2, 0) is 9.53 Å². The molecule has 0 aliphatic carbocycles. The van der Waals surface area contributed by atoms with E-state index in [2.05, 4.69) is 0 Å². The fourth-order valence-corrected chi connectivity index (χ4v) is 2.46. The Morgan fingerprint density at radius 3 is 2.27 bits per heavy atom. The number of carbonyl (C=O) groups excluding carboxylic acids is 1. The van der Waals surface area contributed by atoms with Crippen molar-refractivity contribution >= 4 is 5.97 Å². The number of aliphatic hydroxyl groups is 1.